The van der Waals surface area contributed by atoms with Gasteiger partial charge in [0, 0.05) is 5.41 Å². The fraction of sp³-hybridized carbons (Fsp3) is 0.500. The van der Waals surface area contributed by atoms with Gasteiger partial charge in [-0.15, -0.1) is 0 Å². The van der Waals surface area contributed by atoms with Crippen LogP contribution in [0.2, 0.25) is 5.15 Å². The second kappa shape index (κ2) is 3.02. The van der Waals surface area contributed by atoms with E-state index in [1.165, 1.54) is 0 Å². The summed E-state index contributed by atoms with van der Waals surface area (Å²) in [6, 6.07) is 0. The van der Waals surface area contributed by atoms with Crippen LogP contribution in [-0.4, -0.2) is 16.5 Å². The van der Waals surface area contributed by atoms with E-state index in [2.05, 4.69) is 35.7 Å². The highest BCUT2D eigenvalue weighted by Gasteiger charge is 2.19. The van der Waals surface area contributed by atoms with E-state index < -0.39 is 0 Å². The molecule has 2 heterocycles. The van der Waals surface area contributed by atoms with Gasteiger partial charge in [0.1, 0.15) is 11.0 Å². The summed E-state index contributed by atoms with van der Waals surface area (Å²) in [7, 11) is 0. The summed E-state index contributed by atoms with van der Waals surface area (Å²) >= 11 is 6.04. The van der Waals surface area contributed by atoms with Gasteiger partial charge in [0.15, 0.2) is 5.49 Å². The zero-order valence-corrected chi connectivity index (χ0v) is 9.26. The third kappa shape index (κ3) is 1.52. The Morgan fingerprint density at radius 3 is 2.64 bits per heavy atom. The molecule has 0 radical (unpaired) electrons. The second-order valence-corrected chi connectivity index (χ2v) is 4.73. The maximum atomic E-state index is 6.04. The molecule has 14 heavy (non-hydrogen) atoms. The molecule has 0 fully saturated rings. The van der Waals surface area contributed by atoms with Gasteiger partial charge in [-0.3, -0.25) is 4.99 Å². The number of aromatic nitrogens is 2. The Morgan fingerprint density at radius 2 is 2.00 bits per heavy atom. The van der Waals surface area contributed by atoms with Crippen molar-refractivity contribution in [2.24, 2.45) is 4.99 Å². The topological polar surface area (TPSA) is 38.1 Å². The predicted molar refractivity (Wildman–Crippen MR) is 55.9 cm³/mol. The standard InChI is InChI=1S/C10H12ClN3/c1-10(2,3)9-13-7(11)6-4-5-12-8(6)14-9/h4H,5H2,1-3H3. The summed E-state index contributed by atoms with van der Waals surface area (Å²) in [6.07, 6.45) is 1.95. The van der Waals surface area contributed by atoms with Gasteiger partial charge >= 0.3 is 0 Å². The van der Waals surface area contributed by atoms with E-state index in [9.17, 15) is 0 Å². The van der Waals surface area contributed by atoms with Gasteiger partial charge in [-0.1, -0.05) is 32.4 Å². The molecule has 4 heteroatoms. The number of halogens is 1. The minimum Gasteiger partial charge on any atom is -0.262 e. The number of hydrogen-bond acceptors (Lipinski definition) is 3. The van der Waals surface area contributed by atoms with E-state index in [1.807, 2.05) is 6.08 Å². The molecule has 0 spiro atoms. The zero-order valence-electron chi connectivity index (χ0n) is 8.50. The fourth-order valence-electron chi connectivity index (χ4n) is 1.29. The third-order valence-corrected chi connectivity index (χ3v) is 2.37. The molecule has 0 saturated carbocycles. The van der Waals surface area contributed by atoms with Gasteiger partial charge < -0.3 is 0 Å². The van der Waals surface area contributed by atoms with Crippen molar-refractivity contribution >= 4 is 17.7 Å². The summed E-state index contributed by atoms with van der Waals surface area (Å²) in [5.41, 5.74) is 0.645. The first-order chi connectivity index (χ1) is 6.48. The van der Waals surface area contributed by atoms with E-state index in [0.29, 0.717) is 11.7 Å². The molecular formula is C10H12ClN3. The zero-order chi connectivity index (χ0) is 10.3. The highest BCUT2D eigenvalue weighted by Crippen LogP contribution is 2.16. The maximum Gasteiger partial charge on any atom is 0.159 e. The summed E-state index contributed by atoms with van der Waals surface area (Å²) in [6.45, 7) is 6.84. The molecule has 0 N–H and O–H groups in total. The molecule has 2 rings (SSSR count). The average Bonchev–Trinajstić information content (AvgIpc) is 2.50. The van der Waals surface area contributed by atoms with Gasteiger partial charge in [0.25, 0.3) is 0 Å². The van der Waals surface area contributed by atoms with Crippen LogP contribution in [0.1, 0.15) is 26.6 Å². The average molecular weight is 210 g/mol. The molecule has 1 aromatic heterocycles. The first-order valence-electron chi connectivity index (χ1n) is 4.57. The van der Waals surface area contributed by atoms with Crippen LogP contribution >= 0.6 is 11.6 Å². The Balaban J connectivity index is 2.72. The number of nitrogens with zero attached hydrogens (tertiary/aromatic N) is 3. The van der Waals surface area contributed by atoms with Crippen molar-refractivity contribution in [1.29, 1.82) is 0 Å². The molecule has 1 aliphatic rings. The Kier molecular flexibility index (Phi) is 2.07. The molecule has 0 aliphatic carbocycles. The quantitative estimate of drug-likeness (QED) is 0.594. The molecule has 0 unspecified atom stereocenters. The first-order valence-corrected chi connectivity index (χ1v) is 4.95. The normalized spacial score (nSPS) is 14.6. The highest BCUT2D eigenvalue weighted by molar-refractivity contribution is 6.29. The summed E-state index contributed by atoms with van der Waals surface area (Å²) < 4.78 is 0. The van der Waals surface area contributed by atoms with Crippen LogP contribution in [0, 0.1) is 0 Å². The van der Waals surface area contributed by atoms with Crippen LogP contribution in [0.3, 0.4) is 0 Å². The van der Waals surface area contributed by atoms with E-state index >= 15 is 0 Å². The summed E-state index contributed by atoms with van der Waals surface area (Å²) in [5, 5.41) is 1.39. The Hall–Kier alpha value is -0.960. The van der Waals surface area contributed by atoms with Crippen LogP contribution in [0.4, 0.5) is 0 Å². The molecule has 0 bridgehead atoms. The van der Waals surface area contributed by atoms with Crippen LogP contribution < -0.4 is 10.7 Å². The van der Waals surface area contributed by atoms with E-state index in [1.54, 1.807) is 0 Å². The summed E-state index contributed by atoms with van der Waals surface area (Å²) in [4.78, 5) is 12.9. The Bertz CT molecular complexity index is 485. The molecule has 1 aliphatic heterocycles. The lowest BCUT2D eigenvalue weighted by atomic mass is 9.96. The van der Waals surface area contributed by atoms with Crippen molar-refractivity contribution in [3.63, 3.8) is 0 Å². The van der Waals surface area contributed by atoms with E-state index in [4.69, 9.17) is 11.6 Å². The molecule has 74 valence electrons. The maximum absolute atomic E-state index is 6.04. The molecule has 0 amide bonds. The van der Waals surface area contributed by atoms with Gasteiger partial charge in [-0.2, -0.15) is 0 Å². The minimum atomic E-state index is -0.0865. The first kappa shape index (κ1) is 9.59. The largest absolute Gasteiger partial charge is 0.262 e. The monoisotopic (exact) mass is 209 g/mol. The van der Waals surface area contributed by atoms with E-state index in [-0.39, 0.29) is 5.41 Å². The van der Waals surface area contributed by atoms with Crippen molar-refractivity contribution < 1.29 is 0 Å². The van der Waals surface area contributed by atoms with Gasteiger partial charge in [0.05, 0.1) is 11.8 Å². The van der Waals surface area contributed by atoms with E-state index in [0.717, 1.165) is 16.5 Å². The van der Waals surface area contributed by atoms with Crippen molar-refractivity contribution in [3.05, 3.63) is 21.7 Å². The molecule has 0 atom stereocenters. The molecular weight excluding hydrogens is 198 g/mol. The predicted octanol–water partition coefficient (Wildman–Crippen LogP) is 0.841. The fourth-order valence-corrected chi connectivity index (χ4v) is 1.53. The Labute approximate surface area is 87.6 Å². The van der Waals surface area contributed by atoms with Crippen molar-refractivity contribution in [2.45, 2.75) is 26.2 Å². The lowest BCUT2D eigenvalue weighted by Gasteiger charge is -2.15. The minimum absolute atomic E-state index is 0.0865. The van der Waals surface area contributed by atoms with Gasteiger partial charge in [-0.25, -0.2) is 9.97 Å². The van der Waals surface area contributed by atoms with Crippen molar-refractivity contribution in [3.8, 4) is 0 Å². The lowest BCUT2D eigenvalue weighted by molar-refractivity contribution is 0.541. The van der Waals surface area contributed by atoms with Crippen molar-refractivity contribution in [2.75, 3.05) is 6.54 Å². The van der Waals surface area contributed by atoms with Gasteiger partial charge in [-0.05, 0) is 6.08 Å². The molecule has 0 aromatic carbocycles. The second-order valence-electron chi connectivity index (χ2n) is 4.37. The van der Waals surface area contributed by atoms with Gasteiger partial charge in [0.2, 0.25) is 0 Å². The Morgan fingerprint density at radius 1 is 1.29 bits per heavy atom. The smallest absolute Gasteiger partial charge is 0.159 e. The number of fused-ring (bicyclic) bond motifs is 1. The van der Waals surface area contributed by atoms with Crippen LogP contribution in [0.15, 0.2) is 4.99 Å². The van der Waals surface area contributed by atoms with Crippen LogP contribution in [0.25, 0.3) is 6.08 Å². The third-order valence-electron chi connectivity index (χ3n) is 2.09. The number of rotatable bonds is 0. The van der Waals surface area contributed by atoms with Crippen molar-refractivity contribution in [1.82, 2.24) is 9.97 Å². The lowest BCUT2D eigenvalue weighted by Crippen LogP contribution is -2.32. The van der Waals surface area contributed by atoms with Crippen LogP contribution in [-0.2, 0) is 5.41 Å². The molecule has 0 saturated heterocycles. The number of hydrogen-bond donors (Lipinski definition) is 0. The molecule has 3 nitrogen and oxygen atoms in total. The summed E-state index contributed by atoms with van der Waals surface area (Å²) in [5.74, 6) is 0.750. The molecule has 1 aromatic rings. The van der Waals surface area contributed by atoms with Crippen LogP contribution in [0.5, 0.6) is 0 Å². The SMILES string of the molecule is CC(C)(C)c1nc(Cl)c2c(n1)=NCC=2. The highest BCUT2D eigenvalue weighted by atomic mass is 35.5.